The van der Waals surface area contributed by atoms with Gasteiger partial charge >= 0.3 is 5.97 Å². The Kier molecular flexibility index (Phi) is 5.23. The van der Waals surface area contributed by atoms with Crippen LogP contribution in [0.25, 0.3) is 0 Å². The van der Waals surface area contributed by atoms with Crippen LogP contribution in [0.15, 0.2) is 46.9 Å². The van der Waals surface area contributed by atoms with Gasteiger partial charge in [0.25, 0.3) is 5.91 Å². The maximum Gasteiger partial charge on any atom is 0.338 e. The third-order valence-corrected chi connectivity index (χ3v) is 4.02. The Morgan fingerprint density at radius 3 is 2.64 bits per heavy atom. The fourth-order valence-corrected chi connectivity index (χ4v) is 2.66. The molecule has 1 N–H and O–H groups in total. The second-order valence-electron chi connectivity index (χ2n) is 5.41. The predicted octanol–water partition coefficient (Wildman–Crippen LogP) is 3.40. The number of carbonyl (C=O) groups excluding carboxylic acids is 2. The van der Waals surface area contributed by atoms with Crippen molar-refractivity contribution in [2.45, 2.75) is 13.0 Å². The van der Waals surface area contributed by atoms with Crippen molar-refractivity contribution in [2.24, 2.45) is 0 Å². The van der Waals surface area contributed by atoms with E-state index in [1.54, 1.807) is 42.5 Å². The molecular formula is C18H16BrNO5. The maximum absolute atomic E-state index is 12.2. The second-order valence-corrected chi connectivity index (χ2v) is 6.32. The van der Waals surface area contributed by atoms with E-state index in [2.05, 4.69) is 21.2 Å². The minimum Gasteiger partial charge on any atom is -0.486 e. The average Bonchev–Trinajstić information content (AvgIpc) is 2.61. The van der Waals surface area contributed by atoms with E-state index in [9.17, 15) is 9.59 Å². The lowest BCUT2D eigenvalue weighted by molar-refractivity contribution is -0.123. The monoisotopic (exact) mass is 405 g/mol. The summed E-state index contributed by atoms with van der Waals surface area (Å²) < 4.78 is 16.9. The van der Waals surface area contributed by atoms with E-state index in [1.807, 2.05) is 0 Å². The molecule has 1 amide bonds. The number of amides is 1. The SMILES string of the molecule is C[C@@H](OC(=O)c1cccc(Br)c1)C(=O)Nc1ccc2c(c1)OCCO2. The standard InChI is InChI=1S/C18H16BrNO5/c1-11(25-18(22)12-3-2-4-13(19)9-12)17(21)20-14-5-6-15-16(10-14)24-8-7-23-15/h2-6,9-11H,7-8H2,1H3,(H,20,21)/t11-/m1/s1. The number of esters is 1. The maximum atomic E-state index is 12.2. The van der Waals surface area contributed by atoms with Gasteiger partial charge in [-0.05, 0) is 37.3 Å². The van der Waals surface area contributed by atoms with E-state index in [0.717, 1.165) is 4.47 Å². The Balaban J connectivity index is 1.62. The van der Waals surface area contributed by atoms with Crippen LogP contribution < -0.4 is 14.8 Å². The number of benzene rings is 2. The number of carbonyl (C=O) groups is 2. The van der Waals surface area contributed by atoms with Gasteiger partial charge in [-0.1, -0.05) is 22.0 Å². The largest absolute Gasteiger partial charge is 0.486 e. The van der Waals surface area contributed by atoms with E-state index >= 15 is 0 Å². The van der Waals surface area contributed by atoms with Crippen molar-refractivity contribution in [3.05, 3.63) is 52.5 Å². The molecule has 3 rings (SSSR count). The summed E-state index contributed by atoms with van der Waals surface area (Å²) in [4.78, 5) is 24.3. The highest BCUT2D eigenvalue weighted by atomic mass is 79.9. The van der Waals surface area contributed by atoms with Crippen LogP contribution in [0.4, 0.5) is 5.69 Å². The summed E-state index contributed by atoms with van der Waals surface area (Å²) in [5, 5.41) is 2.70. The number of anilines is 1. The first-order valence-corrected chi connectivity index (χ1v) is 8.49. The summed E-state index contributed by atoms with van der Waals surface area (Å²) in [5.41, 5.74) is 0.910. The fourth-order valence-electron chi connectivity index (χ4n) is 2.26. The molecule has 25 heavy (non-hydrogen) atoms. The lowest BCUT2D eigenvalue weighted by Gasteiger charge is -2.19. The molecule has 0 spiro atoms. The van der Waals surface area contributed by atoms with Crippen LogP contribution in [0.2, 0.25) is 0 Å². The van der Waals surface area contributed by atoms with Gasteiger partial charge in [0.1, 0.15) is 13.2 Å². The van der Waals surface area contributed by atoms with Crippen molar-refractivity contribution in [1.29, 1.82) is 0 Å². The number of fused-ring (bicyclic) bond motifs is 1. The molecule has 0 bridgehead atoms. The van der Waals surface area contributed by atoms with Crippen molar-refractivity contribution in [2.75, 3.05) is 18.5 Å². The van der Waals surface area contributed by atoms with Gasteiger partial charge in [0, 0.05) is 16.2 Å². The summed E-state index contributed by atoms with van der Waals surface area (Å²) >= 11 is 3.29. The summed E-state index contributed by atoms with van der Waals surface area (Å²) in [6.45, 7) is 2.48. The Bertz CT molecular complexity index is 808. The van der Waals surface area contributed by atoms with E-state index in [-0.39, 0.29) is 0 Å². The predicted molar refractivity (Wildman–Crippen MR) is 95.1 cm³/mol. The van der Waals surface area contributed by atoms with Crippen LogP contribution in [-0.2, 0) is 9.53 Å². The molecule has 0 fully saturated rings. The van der Waals surface area contributed by atoms with E-state index in [0.29, 0.717) is 36.0 Å². The first kappa shape index (κ1) is 17.3. The van der Waals surface area contributed by atoms with Crippen LogP contribution >= 0.6 is 15.9 Å². The average molecular weight is 406 g/mol. The highest BCUT2D eigenvalue weighted by Gasteiger charge is 2.20. The van der Waals surface area contributed by atoms with Crippen molar-refractivity contribution in [3.63, 3.8) is 0 Å². The van der Waals surface area contributed by atoms with E-state index < -0.39 is 18.0 Å². The molecule has 1 aliphatic heterocycles. The van der Waals surface area contributed by atoms with Crippen LogP contribution in [0.1, 0.15) is 17.3 Å². The molecule has 2 aromatic carbocycles. The van der Waals surface area contributed by atoms with Gasteiger partial charge in [0.2, 0.25) is 0 Å². The molecule has 0 radical (unpaired) electrons. The number of hydrogen-bond donors (Lipinski definition) is 1. The highest BCUT2D eigenvalue weighted by molar-refractivity contribution is 9.10. The molecule has 1 atom stereocenters. The number of nitrogens with one attached hydrogen (secondary N) is 1. The Morgan fingerprint density at radius 2 is 1.88 bits per heavy atom. The quantitative estimate of drug-likeness (QED) is 0.788. The van der Waals surface area contributed by atoms with Gasteiger partial charge in [-0.15, -0.1) is 0 Å². The third-order valence-electron chi connectivity index (χ3n) is 3.52. The van der Waals surface area contributed by atoms with Crippen LogP contribution in [0, 0.1) is 0 Å². The van der Waals surface area contributed by atoms with Gasteiger partial charge in [-0.2, -0.15) is 0 Å². The summed E-state index contributed by atoms with van der Waals surface area (Å²) in [7, 11) is 0. The Hall–Kier alpha value is -2.54. The molecule has 1 aliphatic rings. The zero-order valence-electron chi connectivity index (χ0n) is 13.5. The van der Waals surface area contributed by atoms with Gasteiger partial charge in [-0.3, -0.25) is 4.79 Å². The third kappa shape index (κ3) is 4.30. The van der Waals surface area contributed by atoms with Crippen molar-refractivity contribution in [3.8, 4) is 11.5 Å². The molecule has 1 heterocycles. The van der Waals surface area contributed by atoms with Gasteiger partial charge in [-0.25, -0.2) is 4.79 Å². The zero-order valence-corrected chi connectivity index (χ0v) is 15.0. The minimum absolute atomic E-state index is 0.369. The van der Waals surface area contributed by atoms with Crippen LogP contribution in [0.3, 0.4) is 0 Å². The second kappa shape index (κ2) is 7.57. The number of rotatable bonds is 4. The van der Waals surface area contributed by atoms with Crippen LogP contribution in [-0.4, -0.2) is 31.2 Å². The first-order valence-electron chi connectivity index (χ1n) is 7.70. The zero-order chi connectivity index (χ0) is 17.8. The topological polar surface area (TPSA) is 73.9 Å². The normalized spacial score (nSPS) is 13.7. The molecule has 0 unspecified atom stereocenters. The number of halogens is 1. The Morgan fingerprint density at radius 1 is 1.12 bits per heavy atom. The Labute approximate surface area is 153 Å². The van der Waals surface area contributed by atoms with Crippen molar-refractivity contribution >= 4 is 33.5 Å². The fraction of sp³-hybridized carbons (Fsp3) is 0.222. The van der Waals surface area contributed by atoms with Crippen molar-refractivity contribution in [1.82, 2.24) is 0 Å². The molecule has 0 saturated carbocycles. The van der Waals surface area contributed by atoms with Crippen molar-refractivity contribution < 1.29 is 23.8 Å². The van der Waals surface area contributed by atoms with Gasteiger partial charge in [0.15, 0.2) is 17.6 Å². The number of hydrogen-bond acceptors (Lipinski definition) is 5. The molecule has 0 aromatic heterocycles. The smallest absolute Gasteiger partial charge is 0.338 e. The summed E-state index contributed by atoms with van der Waals surface area (Å²) in [6, 6.07) is 11.9. The first-order chi connectivity index (χ1) is 12.0. The summed E-state index contributed by atoms with van der Waals surface area (Å²) in [6.07, 6.45) is -0.945. The summed E-state index contributed by atoms with van der Waals surface area (Å²) in [5.74, 6) is 0.215. The molecule has 2 aromatic rings. The van der Waals surface area contributed by atoms with Crippen LogP contribution in [0.5, 0.6) is 11.5 Å². The van der Waals surface area contributed by atoms with E-state index in [4.69, 9.17) is 14.2 Å². The number of ether oxygens (including phenoxy) is 3. The molecule has 0 aliphatic carbocycles. The molecule has 0 saturated heterocycles. The molecule has 7 heteroatoms. The lowest BCUT2D eigenvalue weighted by Crippen LogP contribution is -2.30. The molecule has 130 valence electrons. The molecular weight excluding hydrogens is 390 g/mol. The van der Waals surface area contributed by atoms with Gasteiger partial charge < -0.3 is 19.5 Å². The lowest BCUT2D eigenvalue weighted by atomic mass is 10.2. The highest BCUT2D eigenvalue weighted by Crippen LogP contribution is 2.32. The van der Waals surface area contributed by atoms with Gasteiger partial charge in [0.05, 0.1) is 5.56 Å². The molecule has 6 nitrogen and oxygen atoms in total. The minimum atomic E-state index is -0.945. The van der Waals surface area contributed by atoms with E-state index in [1.165, 1.54) is 6.92 Å².